The molecule has 0 aliphatic rings. The monoisotopic (exact) mass is 412 g/mol. The molecule has 0 bridgehead atoms. The standard InChI is InChI=1S/C21H24N4O3S/c1-10(2)18-24-20-15(21(28)25(18)13(5)17(22)26)12(4)16(29-20)19(27)23-14-9-7-6-8-11(14)3/h6-10,13H,1-5H3,(H2,22,26)(H,23,27). The van der Waals surface area contributed by atoms with E-state index in [1.807, 2.05) is 45.0 Å². The molecule has 152 valence electrons. The molecule has 0 spiro atoms. The summed E-state index contributed by atoms with van der Waals surface area (Å²) in [6.07, 6.45) is 0. The highest BCUT2D eigenvalue weighted by Gasteiger charge is 2.26. The van der Waals surface area contributed by atoms with Crippen molar-refractivity contribution >= 4 is 39.1 Å². The van der Waals surface area contributed by atoms with E-state index in [0.29, 0.717) is 32.2 Å². The van der Waals surface area contributed by atoms with Crippen LogP contribution in [0.3, 0.4) is 0 Å². The summed E-state index contributed by atoms with van der Waals surface area (Å²) in [6, 6.07) is 6.65. The number of primary amides is 1. The molecule has 0 saturated carbocycles. The highest BCUT2D eigenvalue weighted by Crippen LogP contribution is 2.30. The van der Waals surface area contributed by atoms with Gasteiger partial charge < -0.3 is 11.1 Å². The van der Waals surface area contributed by atoms with Crippen LogP contribution in [0.5, 0.6) is 0 Å². The van der Waals surface area contributed by atoms with Crippen LogP contribution in [0.25, 0.3) is 10.2 Å². The minimum atomic E-state index is -0.833. The molecular formula is C21H24N4O3S. The lowest BCUT2D eigenvalue weighted by molar-refractivity contribution is -0.120. The Morgan fingerprint density at radius 3 is 2.41 bits per heavy atom. The Hall–Kier alpha value is -3.00. The van der Waals surface area contributed by atoms with Gasteiger partial charge in [0.05, 0.1) is 10.3 Å². The number of nitrogens with two attached hydrogens (primary N) is 1. The van der Waals surface area contributed by atoms with Gasteiger partial charge in [-0.25, -0.2) is 4.98 Å². The van der Waals surface area contributed by atoms with Gasteiger partial charge in [-0.05, 0) is 38.0 Å². The van der Waals surface area contributed by atoms with Gasteiger partial charge in [0, 0.05) is 11.6 Å². The number of thiophene rings is 1. The Labute approximate surface area is 172 Å². The molecule has 8 heteroatoms. The molecule has 0 radical (unpaired) electrons. The number of carbonyl (C=O) groups excluding carboxylic acids is 2. The van der Waals surface area contributed by atoms with E-state index in [1.54, 1.807) is 13.8 Å². The number of anilines is 1. The van der Waals surface area contributed by atoms with Crippen LogP contribution in [0.2, 0.25) is 0 Å². The van der Waals surface area contributed by atoms with Crippen LogP contribution < -0.4 is 16.6 Å². The van der Waals surface area contributed by atoms with E-state index < -0.39 is 11.9 Å². The van der Waals surface area contributed by atoms with Crippen LogP contribution in [0.4, 0.5) is 5.69 Å². The molecule has 1 unspecified atom stereocenters. The molecule has 3 aromatic rings. The van der Waals surface area contributed by atoms with E-state index in [2.05, 4.69) is 10.3 Å². The third-order valence-electron chi connectivity index (χ3n) is 4.94. The molecule has 1 atom stereocenters. The van der Waals surface area contributed by atoms with E-state index in [-0.39, 0.29) is 17.4 Å². The summed E-state index contributed by atoms with van der Waals surface area (Å²) in [5.41, 5.74) is 7.31. The number of aromatic nitrogens is 2. The van der Waals surface area contributed by atoms with Gasteiger partial charge in [0.15, 0.2) is 0 Å². The first-order valence-corrected chi connectivity index (χ1v) is 10.2. The molecule has 0 aliphatic carbocycles. The second kappa shape index (κ2) is 7.79. The molecule has 2 amide bonds. The predicted molar refractivity (Wildman–Crippen MR) is 116 cm³/mol. The van der Waals surface area contributed by atoms with Gasteiger partial charge in [-0.15, -0.1) is 11.3 Å². The average molecular weight is 413 g/mol. The van der Waals surface area contributed by atoms with Crippen LogP contribution >= 0.6 is 11.3 Å². The highest BCUT2D eigenvalue weighted by atomic mass is 32.1. The zero-order chi connectivity index (χ0) is 21.5. The number of rotatable bonds is 5. The number of benzene rings is 1. The topological polar surface area (TPSA) is 107 Å². The normalized spacial score (nSPS) is 12.3. The van der Waals surface area contributed by atoms with Crippen molar-refractivity contribution in [3.05, 3.63) is 56.4 Å². The fourth-order valence-corrected chi connectivity index (χ4v) is 4.30. The van der Waals surface area contributed by atoms with Crippen molar-refractivity contribution in [1.82, 2.24) is 9.55 Å². The number of aryl methyl sites for hydroxylation is 2. The SMILES string of the molecule is Cc1ccccc1NC(=O)c1sc2nc(C(C)C)n(C(C)C(N)=O)c(=O)c2c1C. The number of fused-ring (bicyclic) bond motifs is 1. The van der Waals surface area contributed by atoms with Gasteiger partial charge >= 0.3 is 0 Å². The number of nitrogens with zero attached hydrogens (tertiary/aromatic N) is 2. The fraction of sp³-hybridized carbons (Fsp3) is 0.333. The second-order valence-corrected chi connectivity index (χ2v) is 8.38. The lowest BCUT2D eigenvalue weighted by Crippen LogP contribution is -2.35. The van der Waals surface area contributed by atoms with Crippen molar-refractivity contribution in [3.63, 3.8) is 0 Å². The molecule has 7 nitrogen and oxygen atoms in total. The molecule has 0 aliphatic heterocycles. The minimum absolute atomic E-state index is 0.0967. The molecule has 3 N–H and O–H groups in total. The first kappa shape index (κ1) is 20.7. The molecular weight excluding hydrogens is 388 g/mol. The van der Waals surface area contributed by atoms with Gasteiger partial charge in [-0.3, -0.25) is 19.0 Å². The Morgan fingerprint density at radius 1 is 1.17 bits per heavy atom. The number of nitrogens with one attached hydrogen (secondary N) is 1. The molecule has 29 heavy (non-hydrogen) atoms. The molecule has 3 rings (SSSR count). The van der Waals surface area contributed by atoms with Crippen LogP contribution in [-0.4, -0.2) is 21.4 Å². The Bertz CT molecular complexity index is 1180. The van der Waals surface area contributed by atoms with Crippen LogP contribution in [0.15, 0.2) is 29.1 Å². The lowest BCUT2D eigenvalue weighted by Gasteiger charge is -2.18. The summed E-state index contributed by atoms with van der Waals surface area (Å²) in [7, 11) is 0. The van der Waals surface area contributed by atoms with Crippen LogP contribution in [-0.2, 0) is 4.79 Å². The number of hydrogen-bond acceptors (Lipinski definition) is 5. The van der Waals surface area contributed by atoms with Gasteiger partial charge in [0.2, 0.25) is 5.91 Å². The first-order chi connectivity index (χ1) is 13.6. The van der Waals surface area contributed by atoms with E-state index in [0.717, 1.165) is 5.56 Å². The van der Waals surface area contributed by atoms with Gasteiger partial charge in [-0.2, -0.15) is 0 Å². The van der Waals surface area contributed by atoms with Crippen molar-refractivity contribution in [2.24, 2.45) is 5.73 Å². The smallest absolute Gasteiger partial charge is 0.266 e. The van der Waals surface area contributed by atoms with Crippen molar-refractivity contribution in [3.8, 4) is 0 Å². The van der Waals surface area contributed by atoms with E-state index in [4.69, 9.17) is 5.73 Å². The Morgan fingerprint density at radius 2 is 1.83 bits per heavy atom. The van der Waals surface area contributed by atoms with Crippen molar-refractivity contribution < 1.29 is 9.59 Å². The first-order valence-electron chi connectivity index (χ1n) is 9.35. The maximum Gasteiger partial charge on any atom is 0.266 e. The maximum absolute atomic E-state index is 13.3. The third kappa shape index (κ3) is 3.67. The minimum Gasteiger partial charge on any atom is -0.368 e. The Kier molecular flexibility index (Phi) is 5.57. The number of amides is 2. The largest absolute Gasteiger partial charge is 0.368 e. The van der Waals surface area contributed by atoms with Gasteiger partial charge in [0.25, 0.3) is 11.5 Å². The zero-order valence-electron chi connectivity index (χ0n) is 17.1. The molecule has 2 heterocycles. The number of hydrogen-bond donors (Lipinski definition) is 2. The lowest BCUT2D eigenvalue weighted by atomic mass is 10.1. The maximum atomic E-state index is 13.3. The van der Waals surface area contributed by atoms with Crippen molar-refractivity contribution in [1.29, 1.82) is 0 Å². The summed E-state index contributed by atoms with van der Waals surface area (Å²) in [6.45, 7) is 9.00. The Balaban J connectivity index is 2.17. The van der Waals surface area contributed by atoms with Gasteiger partial charge in [0.1, 0.15) is 16.7 Å². The van der Waals surface area contributed by atoms with E-state index in [1.165, 1.54) is 15.9 Å². The van der Waals surface area contributed by atoms with Crippen molar-refractivity contribution in [2.45, 2.75) is 46.6 Å². The van der Waals surface area contributed by atoms with E-state index in [9.17, 15) is 14.4 Å². The van der Waals surface area contributed by atoms with E-state index >= 15 is 0 Å². The molecule has 0 saturated heterocycles. The van der Waals surface area contributed by atoms with Crippen LogP contribution in [0, 0.1) is 13.8 Å². The molecule has 1 aromatic carbocycles. The predicted octanol–water partition coefficient (Wildman–Crippen LogP) is 3.50. The van der Waals surface area contributed by atoms with Gasteiger partial charge in [-0.1, -0.05) is 32.0 Å². The molecule has 0 fully saturated rings. The highest BCUT2D eigenvalue weighted by molar-refractivity contribution is 7.20. The second-order valence-electron chi connectivity index (χ2n) is 7.38. The summed E-state index contributed by atoms with van der Waals surface area (Å²) in [4.78, 5) is 43.5. The summed E-state index contributed by atoms with van der Waals surface area (Å²) in [5.74, 6) is -0.526. The third-order valence-corrected chi connectivity index (χ3v) is 6.12. The van der Waals surface area contributed by atoms with Crippen molar-refractivity contribution in [2.75, 3.05) is 5.32 Å². The number of para-hydroxylation sites is 1. The summed E-state index contributed by atoms with van der Waals surface area (Å²) >= 11 is 1.18. The van der Waals surface area contributed by atoms with Crippen LogP contribution in [0.1, 0.15) is 59.4 Å². The average Bonchev–Trinajstić information content (AvgIpc) is 2.99. The quantitative estimate of drug-likeness (QED) is 0.669. The fourth-order valence-electron chi connectivity index (χ4n) is 3.23. The number of carbonyl (C=O) groups is 2. The zero-order valence-corrected chi connectivity index (χ0v) is 17.9. The summed E-state index contributed by atoms with van der Waals surface area (Å²) in [5, 5.41) is 3.25. The molecule has 2 aromatic heterocycles. The summed E-state index contributed by atoms with van der Waals surface area (Å²) < 4.78 is 1.35.